The molecule has 9 heteroatoms. The number of hydrogen-bond acceptors (Lipinski definition) is 7. The Hall–Kier alpha value is -1.18. The second-order valence-corrected chi connectivity index (χ2v) is 16.8. The van der Waals surface area contributed by atoms with Gasteiger partial charge in [0, 0.05) is 13.0 Å². The Bertz CT molecular complexity index is 884. The second-order valence-electron chi connectivity index (χ2n) is 15.3. The highest BCUT2D eigenvalue weighted by molar-refractivity contribution is 7.47. The Kier molecular flexibility index (Phi) is 42.0. The van der Waals surface area contributed by atoms with Gasteiger partial charge in [-0.25, -0.2) is 4.57 Å². The summed E-state index contributed by atoms with van der Waals surface area (Å²) in [5.74, 6) is -0.351. The molecule has 0 spiro atoms. The zero-order valence-electron chi connectivity index (χ0n) is 35.5. The number of unbranched alkanes of at least 4 members (excludes halogenated alkanes) is 29. The number of esters is 1. The van der Waals surface area contributed by atoms with Gasteiger partial charge in [0.25, 0.3) is 0 Å². The maximum atomic E-state index is 12.6. The van der Waals surface area contributed by atoms with Crippen molar-refractivity contribution in [1.82, 2.24) is 0 Å². The first-order valence-corrected chi connectivity index (χ1v) is 24.4. The number of carbonyl (C=O) groups is 1. The van der Waals surface area contributed by atoms with Gasteiger partial charge in [0.1, 0.15) is 6.61 Å². The van der Waals surface area contributed by atoms with E-state index >= 15 is 0 Å². The lowest BCUT2D eigenvalue weighted by molar-refractivity contribution is -0.153. The maximum absolute atomic E-state index is 12.6. The number of phosphoric acid groups is 1. The lowest BCUT2D eigenvalue weighted by Crippen LogP contribution is -2.27. The summed E-state index contributed by atoms with van der Waals surface area (Å²) in [5, 5.41) is 0. The molecule has 0 aromatic rings. The minimum atomic E-state index is -4.29. The normalized spacial score (nSPS) is 13.6. The zero-order chi connectivity index (χ0) is 39.5. The average molecular weight is 786 g/mol. The summed E-state index contributed by atoms with van der Waals surface area (Å²) < 4.78 is 33.2. The highest BCUT2D eigenvalue weighted by atomic mass is 31.2. The van der Waals surface area contributed by atoms with E-state index in [2.05, 4.69) is 26.0 Å². The first kappa shape index (κ1) is 52.8. The van der Waals surface area contributed by atoms with Gasteiger partial charge in [0.05, 0.1) is 19.5 Å². The van der Waals surface area contributed by atoms with Crippen LogP contribution in [0.4, 0.5) is 0 Å². The van der Waals surface area contributed by atoms with Crippen LogP contribution in [0.25, 0.3) is 0 Å². The van der Waals surface area contributed by atoms with Gasteiger partial charge < -0.3 is 20.1 Å². The average Bonchev–Trinajstić information content (AvgIpc) is 3.16. The molecule has 0 saturated heterocycles. The van der Waals surface area contributed by atoms with Crippen molar-refractivity contribution in [2.45, 2.75) is 232 Å². The van der Waals surface area contributed by atoms with E-state index in [1.54, 1.807) is 6.26 Å². The molecule has 0 radical (unpaired) electrons. The minimum absolute atomic E-state index is 0.0311. The Morgan fingerprint density at radius 2 is 0.944 bits per heavy atom. The minimum Gasteiger partial charge on any atom is -0.498 e. The van der Waals surface area contributed by atoms with Crippen LogP contribution < -0.4 is 5.73 Å². The van der Waals surface area contributed by atoms with Crippen molar-refractivity contribution in [2.24, 2.45) is 5.73 Å². The number of ether oxygens (including phenoxy) is 2. The van der Waals surface area contributed by atoms with Gasteiger partial charge in [-0.3, -0.25) is 13.8 Å². The fourth-order valence-electron chi connectivity index (χ4n) is 6.55. The number of carbonyl (C=O) groups excluding carboxylic acids is 1. The van der Waals surface area contributed by atoms with Crippen molar-refractivity contribution < 1.29 is 32.8 Å². The van der Waals surface area contributed by atoms with Crippen LogP contribution in [0.5, 0.6) is 0 Å². The van der Waals surface area contributed by atoms with Crippen LogP contribution in [-0.4, -0.2) is 43.3 Å². The van der Waals surface area contributed by atoms with E-state index in [0.29, 0.717) is 6.42 Å². The monoisotopic (exact) mass is 786 g/mol. The molecule has 0 amide bonds. The quantitative estimate of drug-likeness (QED) is 0.0206. The van der Waals surface area contributed by atoms with Crippen LogP contribution >= 0.6 is 7.82 Å². The van der Waals surface area contributed by atoms with Crippen LogP contribution in [-0.2, 0) is 27.9 Å². The largest absolute Gasteiger partial charge is 0.498 e. The lowest BCUT2D eigenvalue weighted by atomic mass is 10.0. The van der Waals surface area contributed by atoms with E-state index in [0.717, 1.165) is 38.5 Å². The summed E-state index contributed by atoms with van der Waals surface area (Å²) in [6.45, 7) is 4.26. The molecule has 0 bridgehead atoms. The van der Waals surface area contributed by atoms with Gasteiger partial charge in [0.2, 0.25) is 0 Å². The number of nitrogens with two attached hydrogens (primary N) is 1. The number of hydrogen-bond donors (Lipinski definition) is 2. The molecule has 8 nitrogen and oxygen atoms in total. The van der Waals surface area contributed by atoms with E-state index in [1.165, 1.54) is 167 Å². The molecule has 0 aromatic carbocycles. The standard InChI is InChI=1S/C45H88NO7P/c1-3-5-7-9-11-13-15-17-19-21-22-23-24-26-28-30-32-34-36-38-45(47)53-44(43-52-54(48,49)51-41-39-46)42-50-40-37-35-33-31-29-27-25-20-18-16-14-12-10-8-6-4-2/h18,20,37,40,44H,3-17,19,21-36,38-39,41-43,46H2,1-2H3,(H,48,49)/b20-18-,40-37-/t44-/m1/s1. The molecule has 3 N–H and O–H groups in total. The number of phosphoric ester groups is 1. The molecule has 1 unspecified atom stereocenters. The van der Waals surface area contributed by atoms with Crippen molar-refractivity contribution in [2.75, 3.05) is 26.4 Å². The molecular formula is C45H88NO7P. The van der Waals surface area contributed by atoms with Crippen LogP contribution in [0.15, 0.2) is 24.5 Å². The summed E-state index contributed by atoms with van der Waals surface area (Å²) in [5.41, 5.74) is 5.37. The van der Waals surface area contributed by atoms with E-state index in [9.17, 15) is 14.3 Å². The van der Waals surface area contributed by atoms with Gasteiger partial charge in [0.15, 0.2) is 6.10 Å². The number of allylic oxidation sites excluding steroid dienone is 3. The molecule has 2 atom stereocenters. The maximum Gasteiger partial charge on any atom is 0.472 e. The third-order valence-electron chi connectivity index (χ3n) is 9.94. The van der Waals surface area contributed by atoms with Crippen LogP contribution in [0.1, 0.15) is 226 Å². The van der Waals surface area contributed by atoms with Gasteiger partial charge in [-0.05, 0) is 51.0 Å². The molecule has 0 rings (SSSR count). The number of rotatable bonds is 44. The third-order valence-corrected chi connectivity index (χ3v) is 10.9. The molecule has 0 aromatic heterocycles. The molecule has 0 aliphatic heterocycles. The van der Waals surface area contributed by atoms with E-state index < -0.39 is 13.9 Å². The summed E-state index contributed by atoms with van der Waals surface area (Å²) in [7, 11) is -4.29. The van der Waals surface area contributed by atoms with Gasteiger partial charge >= 0.3 is 13.8 Å². The molecular weight excluding hydrogens is 697 g/mol. The van der Waals surface area contributed by atoms with Crippen LogP contribution in [0, 0.1) is 0 Å². The van der Waals surface area contributed by atoms with Crippen LogP contribution in [0.2, 0.25) is 0 Å². The Morgan fingerprint density at radius 3 is 1.37 bits per heavy atom. The Labute approximate surface area is 334 Å². The molecule has 0 fully saturated rings. The molecule has 0 aliphatic rings. The lowest BCUT2D eigenvalue weighted by Gasteiger charge is -2.19. The second kappa shape index (κ2) is 43.0. The van der Waals surface area contributed by atoms with Crippen molar-refractivity contribution in [3.63, 3.8) is 0 Å². The summed E-state index contributed by atoms with van der Waals surface area (Å²) in [6.07, 6.45) is 48.6. The third kappa shape index (κ3) is 42.0. The smallest absolute Gasteiger partial charge is 0.472 e. The molecule has 54 heavy (non-hydrogen) atoms. The van der Waals surface area contributed by atoms with Crippen molar-refractivity contribution >= 4 is 13.8 Å². The molecule has 0 heterocycles. The van der Waals surface area contributed by atoms with E-state index in [4.69, 9.17) is 24.3 Å². The Balaban J connectivity index is 4.03. The topological polar surface area (TPSA) is 117 Å². The fourth-order valence-corrected chi connectivity index (χ4v) is 7.31. The highest BCUT2D eigenvalue weighted by Crippen LogP contribution is 2.43. The van der Waals surface area contributed by atoms with E-state index in [1.807, 2.05) is 6.08 Å². The van der Waals surface area contributed by atoms with Gasteiger partial charge in [-0.15, -0.1) is 0 Å². The first-order chi connectivity index (χ1) is 26.4. The summed E-state index contributed by atoms with van der Waals surface area (Å²) in [6, 6.07) is 0. The first-order valence-electron chi connectivity index (χ1n) is 22.9. The van der Waals surface area contributed by atoms with Crippen LogP contribution in [0.3, 0.4) is 0 Å². The van der Waals surface area contributed by atoms with E-state index in [-0.39, 0.29) is 32.3 Å². The predicted molar refractivity (Wildman–Crippen MR) is 229 cm³/mol. The highest BCUT2D eigenvalue weighted by Gasteiger charge is 2.25. The molecule has 0 aliphatic carbocycles. The Morgan fingerprint density at radius 1 is 0.556 bits per heavy atom. The molecule has 0 saturated carbocycles. The fraction of sp³-hybridized carbons (Fsp3) is 0.889. The van der Waals surface area contributed by atoms with Crippen molar-refractivity contribution in [3.8, 4) is 0 Å². The van der Waals surface area contributed by atoms with Crippen molar-refractivity contribution in [1.29, 1.82) is 0 Å². The SMILES string of the molecule is CCCCCCCC/C=C\CCCCCC/C=C\OC[C@H](COP(=O)(O)OCCN)OC(=O)CCCCCCCCCCCCCCCCCCCCC. The van der Waals surface area contributed by atoms with Gasteiger partial charge in [-0.1, -0.05) is 187 Å². The zero-order valence-corrected chi connectivity index (χ0v) is 36.4. The summed E-state index contributed by atoms with van der Waals surface area (Å²) in [4.78, 5) is 22.5. The summed E-state index contributed by atoms with van der Waals surface area (Å²) >= 11 is 0. The van der Waals surface area contributed by atoms with Gasteiger partial charge in [-0.2, -0.15) is 0 Å². The molecule has 320 valence electrons. The predicted octanol–water partition coefficient (Wildman–Crippen LogP) is 14.0. The van der Waals surface area contributed by atoms with Crippen molar-refractivity contribution in [3.05, 3.63) is 24.5 Å².